The predicted molar refractivity (Wildman–Crippen MR) is 91.2 cm³/mol. The van der Waals surface area contributed by atoms with Gasteiger partial charge in [0, 0.05) is 12.6 Å². The summed E-state index contributed by atoms with van der Waals surface area (Å²) in [5.41, 5.74) is 7.50. The topological polar surface area (TPSA) is 58.4 Å². The van der Waals surface area contributed by atoms with E-state index in [1.165, 1.54) is 4.90 Å². The Kier molecular flexibility index (Phi) is 4.77. The van der Waals surface area contributed by atoms with Gasteiger partial charge in [0.15, 0.2) is 0 Å². The Bertz CT molecular complexity index is 690. The molecular weight excluding hydrogens is 306 g/mol. The van der Waals surface area contributed by atoms with E-state index in [9.17, 15) is 4.79 Å². The molecule has 0 aliphatic heterocycles. The lowest BCUT2D eigenvalue weighted by Crippen LogP contribution is -2.32. The Morgan fingerprint density at radius 1 is 1.19 bits per heavy atom. The van der Waals surface area contributed by atoms with Gasteiger partial charge >= 0.3 is 6.03 Å². The van der Waals surface area contributed by atoms with E-state index in [0.29, 0.717) is 22.0 Å². The smallest absolute Gasteiger partial charge is 0.326 e. The Hall–Kier alpha value is -2.11. The molecule has 0 saturated carbocycles. The average Bonchev–Trinajstić information content (AvgIpc) is 2.48. The van der Waals surface area contributed by atoms with Gasteiger partial charge in [-0.3, -0.25) is 4.90 Å². The summed E-state index contributed by atoms with van der Waals surface area (Å²) in [5, 5.41) is 3.22. The third-order valence-electron chi connectivity index (χ3n) is 2.95. The predicted octanol–water partition coefficient (Wildman–Crippen LogP) is 3.64. The molecule has 2 amide bonds. The number of amides is 2. The first-order chi connectivity index (χ1) is 10.0. The normalized spacial score (nSPS) is 10.0. The summed E-state index contributed by atoms with van der Waals surface area (Å²) in [4.78, 5) is 14.0. The molecule has 4 nitrogen and oxygen atoms in total. The van der Waals surface area contributed by atoms with Crippen molar-refractivity contribution < 1.29 is 4.79 Å². The number of carbonyl (C=O) groups is 1. The van der Waals surface area contributed by atoms with Crippen LogP contribution < -0.4 is 16.0 Å². The second-order valence-corrected chi connectivity index (χ2v) is 5.20. The number of rotatable bonds is 3. The first-order valence-corrected chi connectivity index (χ1v) is 6.97. The van der Waals surface area contributed by atoms with Crippen LogP contribution in [0.4, 0.5) is 16.2 Å². The molecule has 21 heavy (non-hydrogen) atoms. The number of nitrogens with zero attached hydrogens (tertiary/aromatic N) is 1. The molecule has 0 aromatic heterocycles. The zero-order chi connectivity index (χ0) is 15.4. The van der Waals surface area contributed by atoms with E-state index in [-0.39, 0.29) is 11.0 Å². The minimum absolute atomic E-state index is 0.239. The number of nitrogens with two attached hydrogens (primary N) is 1. The minimum Gasteiger partial charge on any atom is -0.389 e. The highest BCUT2D eigenvalue weighted by atomic mass is 35.5. The van der Waals surface area contributed by atoms with Crippen LogP contribution in [-0.4, -0.2) is 18.1 Å². The molecule has 0 spiro atoms. The molecule has 0 aliphatic carbocycles. The zero-order valence-electron chi connectivity index (χ0n) is 11.3. The molecule has 3 N–H and O–H groups in total. The molecule has 2 aromatic carbocycles. The van der Waals surface area contributed by atoms with Crippen molar-refractivity contribution in [1.82, 2.24) is 0 Å². The summed E-state index contributed by atoms with van der Waals surface area (Å²) in [7, 11) is 1.64. The van der Waals surface area contributed by atoms with Crippen molar-refractivity contribution >= 4 is 46.2 Å². The Balaban J connectivity index is 2.24. The molecule has 2 rings (SSSR count). The number of halogens is 1. The summed E-state index contributed by atoms with van der Waals surface area (Å²) in [5.74, 6) is 0. The summed E-state index contributed by atoms with van der Waals surface area (Å²) >= 11 is 11.0. The quantitative estimate of drug-likeness (QED) is 0.849. The molecule has 2 aromatic rings. The number of hydrogen-bond donors (Lipinski definition) is 2. The first-order valence-electron chi connectivity index (χ1n) is 6.19. The number of urea groups is 1. The average molecular weight is 320 g/mol. The van der Waals surface area contributed by atoms with Crippen molar-refractivity contribution in [3.8, 4) is 0 Å². The van der Waals surface area contributed by atoms with Crippen molar-refractivity contribution in [2.24, 2.45) is 5.73 Å². The lowest BCUT2D eigenvalue weighted by atomic mass is 10.1. The van der Waals surface area contributed by atoms with E-state index < -0.39 is 0 Å². The van der Waals surface area contributed by atoms with Gasteiger partial charge in [-0.2, -0.15) is 0 Å². The van der Waals surface area contributed by atoms with Crippen molar-refractivity contribution in [3.63, 3.8) is 0 Å². The van der Waals surface area contributed by atoms with Crippen LogP contribution in [-0.2, 0) is 0 Å². The van der Waals surface area contributed by atoms with Crippen molar-refractivity contribution in [2.45, 2.75) is 0 Å². The van der Waals surface area contributed by atoms with Gasteiger partial charge < -0.3 is 11.1 Å². The SMILES string of the molecule is CN(C(=O)Nc1ccccc1Cl)c1ccccc1C(N)=S. The van der Waals surface area contributed by atoms with Gasteiger partial charge in [-0.1, -0.05) is 48.1 Å². The van der Waals surface area contributed by atoms with Crippen LogP contribution in [0.2, 0.25) is 5.02 Å². The second-order valence-electron chi connectivity index (χ2n) is 4.35. The van der Waals surface area contributed by atoms with Crippen molar-refractivity contribution in [1.29, 1.82) is 0 Å². The lowest BCUT2D eigenvalue weighted by molar-refractivity contribution is 0.258. The van der Waals surface area contributed by atoms with E-state index in [1.54, 1.807) is 43.4 Å². The molecule has 0 radical (unpaired) electrons. The monoisotopic (exact) mass is 319 g/mol. The van der Waals surface area contributed by atoms with Crippen LogP contribution in [0.15, 0.2) is 48.5 Å². The van der Waals surface area contributed by atoms with E-state index in [0.717, 1.165) is 0 Å². The Labute approximate surface area is 133 Å². The van der Waals surface area contributed by atoms with Gasteiger partial charge in [0.2, 0.25) is 0 Å². The van der Waals surface area contributed by atoms with Gasteiger partial charge in [-0.05, 0) is 24.3 Å². The first kappa shape index (κ1) is 15.3. The number of benzene rings is 2. The van der Waals surface area contributed by atoms with Gasteiger partial charge in [-0.25, -0.2) is 4.79 Å². The summed E-state index contributed by atoms with van der Waals surface area (Å²) in [6, 6.07) is 13.9. The van der Waals surface area contributed by atoms with E-state index in [4.69, 9.17) is 29.6 Å². The molecule has 0 heterocycles. The molecule has 0 saturated heterocycles. The fourth-order valence-corrected chi connectivity index (χ4v) is 2.20. The number of para-hydroxylation sites is 2. The van der Waals surface area contributed by atoms with E-state index >= 15 is 0 Å². The highest BCUT2D eigenvalue weighted by Gasteiger charge is 2.16. The summed E-state index contributed by atoms with van der Waals surface area (Å²) in [6.45, 7) is 0. The van der Waals surface area contributed by atoms with Gasteiger partial charge in [-0.15, -0.1) is 0 Å². The van der Waals surface area contributed by atoms with Gasteiger partial charge in [0.25, 0.3) is 0 Å². The molecule has 0 atom stereocenters. The maximum absolute atomic E-state index is 12.3. The molecule has 0 fully saturated rings. The molecular formula is C15H14ClN3OS. The van der Waals surface area contributed by atoms with Crippen LogP contribution in [0.25, 0.3) is 0 Å². The molecule has 0 unspecified atom stereocenters. The van der Waals surface area contributed by atoms with Crippen LogP contribution in [0, 0.1) is 0 Å². The van der Waals surface area contributed by atoms with Crippen LogP contribution >= 0.6 is 23.8 Å². The lowest BCUT2D eigenvalue weighted by Gasteiger charge is -2.21. The van der Waals surface area contributed by atoms with Crippen LogP contribution in [0.3, 0.4) is 0 Å². The highest BCUT2D eigenvalue weighted by Crippen LogP contribution is 2.23. The minimum atomic E-state index is -0.327. The second kappa shape index (κ2) is 6.56. The highest BCUT2D eigenvalue weighted by molar-refractivity contribution is 7.80. The Morgan fingerprint density at radius 3 is 2.48 bits per heavy atom. The van der Waals surface area contributed by atoms with E-state index in [1.807, 2.05) is 12.1 Å². The summed E-state index contributed by atoms with van der Waals surface area (Å²) in [6.07, 6.45) is 0. The molecule has 6 heteroatoms. The van der Waals surface area contributed by atoms with Crippen LogP contribution in [0.5, 0.6) is 0 Å². The fraction of sp³-hybridized carbons (Fsp3) is 0.0667. The number of nitrogens with one attached hydrogen (secondary N) is 1. The number of anilines is 2. The van der Waals surface area contributed by atoms with Crippen molar-refractivity contribution in [3.05, 3.63) is 59.1 Å². The maximum atomic E-state index is 12.3. The number of thiocarbonyl (C=S) groups is 1. The number of hydrogen-bond acceptors (Lipinski definition) is 2. The van der Waals surface area contributed by atoms with E-state index in [2.05, 4.69) is 5.32 Å². The third kappa shape index (κ3) is 3.51. The third-order valence-corrected chi connectivity index (χ3v) is 3.50. The van der Waals surface area contributed by atoms with Crippen molar-refractivity contribution in [2.75, 3.05) is 17.3 Å². The summed E-state index contributed by atoms with van der Waals surface area (Å²) < 4.78 is 0. The fourth-order valence-electron chi connectivity index (χ4n) is 1.85. The largest absolute Gasteiger partial charge is 0.389 e. The van der Waals surface area contributed by atoms with Gasteiger partial charge in [0.05, 0.1) is 16.4 Å². The number of carbonyl (C=O) groups excluding carboxylic acids is 1. The van der Waals surface area contributed by atoms with Gasteiger partial charge in [0.1, 0.15) is 4.99 Å². The maximum Gasteiger partial charge on any atom is 0.326 e. The standard InChI is InChI=1S/C15H14ClN3OS/c1-19(13-9-5-2-6-10(13)14(17)21)15(20)18-12-8-4-3-7-11(12)16/h2-9H,1H3,(H2,17,21)(H,18,20). The molecule has 0 aliphatic rings. The molecule has 108 valence electrons. The zero-order valence-corrected chi connectivity index (χ0v) is 12.9. The molecule has 0 bridgehead atoms. The van der Waals surface area contributed by atoms with Crippen LogP contribution in [0.1, 0.15) is 5.56 Å². The Morgan fingerprint density at radius 2 is 1.81 bits per heavy atom.